The summed E-state index contributed by atoms with van der Waals surface area (Å²) in [6.07, 6.45) is 6.40. The molecule has 0 radical (unpaired) electrons. The monoisotopic (exact) mass is 544 g/mol. The van der Waals surface area contributed by atoms with Crippen molar-refractivity contribution in [3.63, 3.8) is 0 Å². The van der Waals surface area contributed by atoms with Gasteiger partial charge in [0.2, 0.25) is 0 Å². The number of anilines is 1. The summed E-state index contributed by atoms with van der Waals surface area (Å²) in [5.41, 5.74) is 1.46. The van der Waals surface area contributed by atoms with Crippen molar-refractivity contribution >= 4 is 35.6 Å². The van der Waals surface area contributed by atoms with Crippen LogP contribution in [0.5, 0.6) is 11.5 Å². The first kappa shape index (κ1) is 24.2. The maximum Gasteiger partial charge on any atom is 0.191 e. The molecule has 1 aromatic rings. The molecular weight excluding hydrogens is 507 g/mol. The van der Waals surface area contributed by atoms with E-state index in [1.807, 2.05) is 13.1 Å². The third-order valence-electron chi connectivity index (χ3n) is 7.20. The van der Waals surface area contributed by atoms with Crippen LogP contribution in [0.1, 0.15) is 39.0 Å². The van der Waals surface area contributed by atoms with Crippen LogP contribution in [-0.4, -0.2) is 65.1 Å². The van der Waals surface area contributed by atoms with Gasteiger partial charge in [0, 0.05) is 68.1 Å². The smallest absolute Gasteiger partial charge is 0.191 e. The molecule has 0 aromatic heterocycles. The number of aliphatic imine (C=N–C) groups is 1. The Morgan fingerprint density at radius 1 is 1.16 bits per heavy atom. The molecule has 3 aliphatic rings. The fourth-order valence-corrected chi connectivity index (χ4v) is 5.26. The first-order valence-electron chi connectivity index (χ1n) is 11.2. The van der Waals surface area contributed by atoms with E-state index in [9.17, 15) is 0 Å². The highest BCUT2D eigenvalue weighted by Gasteiger charge is 2.59. The van der Waals surface area contributed by atoms with Gasteiger partial charge in [0.1, 0.15) is 11.5 Å². The van der Waals surface area contributed by atoms with Gasteiger partial charge in [-0.1, -0.05) is 6.42 Å². The van der Waals surface area contributed by atoms with Crippen molar-refractivity contribution in [1.82, 2.24) is 10.6 Å². The highest BCUT2D eigenvalue weighted by atomic mass is 127. The van der Waals surface area contributed by atoms with Crippen LogP contribution < -0.4 is 25.0 Å². The van der Waals surface area contributed by atoms with Crippen LogP contribution in [0.3, 0.4) is 0 Å². The van der Waals surface area contributed by atoms with Crippen molar-refractivity contribution in [1.29, 1.82) is 0 Å². The number of hydrogen-bond donors (Lipinski definition) is 2. The van der Waals surface area contributed by atoms with Gasteiger partial charge in [-0.15, -0.1) is 24.0 Å². The number of rotatable bonds is 7. The van der Waals surface area contributed by atoms with Gasteiger partial charge in [-0.25, -0.2) is 0 Å². The summed E-state index contributed by atoms with van der Waals surface area (Å²) in [7, 11) is 5.24. The lowest BCUT2D eigenvalue weighted by Gasteiger charge is -2.61. The summed E-state index contributed by atoms with van der Waals surface area (Å²) in [5, 5.41) is 7.35. The average Bonchev–Trinajstić information content (AvgIpc) is 3.19. The normalized spacial score (nSPS) is 26.5. The SMILES string of the molecule is CCOC1CC(NC(=NC)NC2CCN(c3cc(OC)cc(OC)c3)C2)C12CCC2.I. The lowest BCUT2D eigenvalue weighted by atomic mass is 9.51. The molecule has 3 atom stereocenters. The van der Waals surface area contributed by atoms with Crippen molar-refractivity contribution in [2.24, 2.45) is 10.4 Å². The maximum absolute atomic E-state index is 5.99. The molecule has 3 fully saturated rings. The number of halogens is 1. The van der Waals surface area contributed by atoms with E-state index in [-0.39, 0.29) is 24.0 Å². The maximum atomic E-state index is 5.99. The third-order valence-corrected chi connectivity index (χ3v) is 7.20. The Balaban J connectivity index is 0.00000272. The fraction of sp³-hybridized carbons (Fsp3) is 0.696. The zero-order chi connectivity index (χ0) is 21.1. The first-order valence-corrected chi connectivity index (χ1v) is 11.2. The minimum absolute atomic E-state index is 0. The molecule has 0 amide bonds. The summed E-state index contributed by atoms with van der Waals surface area (Å²) in [6, 6.07) is 6.87. The van der Waals surface area contributed by atoms with Crippen LogP contribution >= 0.6 is 24.0 Å². The van der Waals surface area contributed by atoms with Gasteiger partial charge in [-0.05, 0) is 32.6 Å². The van der Waals surface area contributed by atoms with Gasteiger partial charge in [-0.2, -0.15) is 0 Å². The second-order valence-electron chi connectivity index (χ2n) is 8.68. The number of guanidine groups is 1. The summed E-state index contributed by atoms with van der Waals surface area (Å²) >= 11 is 0. The summed E-state index contributed by atoms with van der Waals surface area (Å²) in [4.78, 5) is 6.89. The Morgan fingerprint density at radius 2 is 1.87 bits per heavy atom. The zero-order valence-electron chi connectivity index (χ0n) is 19.1. The Labute approximate surface area is 203 Å². The molecule has 7 nitrogen and oxygen atoms in total. The molecule has 31 heavy (non-hydrogen) atoms. The van der Waals surface area contributed by atoms with Crippen LogP contribution in [0, 0.1) is 5.41 Å². The van der Waals surface area contributed by atoms with Gasteiger partial charge < -0.3 is 29.7 Å². The van der Waals surface area contributed by atoms with Crippen LogP contribution in [0.25, 0.3) is 0 Å². The molecule has 2 N–H and O–H groups in total. The van der Waals surface area contributed by atoms with E-state index in [0.717, 1.165) is 55.7 Å². The Bertz CT molecular complexity index is 749. The van der Waals surface area contributed by atoms with E-state index < -0.39 is 0 Å². The van der Waals surface area contributed by atoms with Crippen LogP contribution in [-0.2, 0) is 4.74 Å². The lowest BCUT2D eigenvalue weighted by molar-refractivity contribution is -0.168. The van der Waals surface area contributed by atoms with Gasteiger partial charge >= 0.3 is 0 Å². The fourth-order valence-electron chi connectivity index (χ4n) is 5.26. The third kappa shape index (κ3) is 4.84. The van der Waals surface area contributed by atoms with E-state index >= 15 is 0 Å². The number of methoxy groups -OCH3 is 2. The molecule has 4 rings (SSSR count). The quantitative estimate of drug-likeness (QED) is 0.312. The summed E-state index contributed by atoms with van der Waals surface area (Å²) in [5.74, 6) is 2.55. The summed E-state index contributed by atoms with van der Waals surface area (Å²) < 4.78 is 16.8. The highest BCUT2D eigenvalue weighted by Crippen LogP contribution is 2.57. The predicted molar refractivity (Wildman–Crippen MR) is 135 cm³/mol. The second kappa shape index (κ2) is 10.5. The number of benzene rings is 1. The molecule has 2 aliphatic carbocycles. The highest BCUT2D eigenvalue weighted by molar-refractivity contribution is 14.0. The average molecular weight is 544 g/mol. The van der Waals surface area contributed by atoms with Crippen LogP contribution in [0.2, 0.25) is 0 Å². The molecular formula is C23H37IN4O3. The Hall–Kier alpha value is -1.42. The van der Waals surface area contributed by atoms with Crippen molar-refractivity contribution < 1.29 is 14.2 Å². The van der Waals surface area contributed by atoms with E-state index in [4.69, 9.17) is 14.2 Å². The minimum Gasteiger partial charge on any atom is -0.497 e. The predicted octanol–water partition coefficient (Wildman–Crippen LogP) is 3.41. The molecule has 1 heterocycles. The van der Waals surface area contributed by atoms with Crippen molar-refractivity contribution in [2.45, 2.75) is 57.2 Å². The van der Waals surface area contributed by atoms with Crippen LogP contribution in [0.4, 0.5) is 5.69 Å². The van der Waals surface area contributed by atoms with E-state index in [2.05, 4.69) is 39.6 Å². The number of ether oxygens (including phenoxy) is 3. The van der Waals surface area contributed by atoms with E-state index in [1.54, 1.807) is 14.2 Å². The minimum atomic E-state index is 0. The van der Waals surface area contributed by atoms with Gasteiger partial charge in [0.05, 0.1) is 20.3 Å². The Morgan fingerprint density at radius 3 is 2.42 bits per heavy atom. The summed E-state index contributed by atoms with van der Waals surface area (Å²) in [6.45, 7) is 4.82. The zero-order valence-corrected chi connectivity index (χ0v) is 21.5. The van der Waals surface area contributed by atoms with Crippen LogP contribution in [0.15, 0.2) is 23.2 Å². The van der Waals surface area contributed by atoms with E-state index in [1.165, 1.54) is 19.3 Å². The number of hydrogen-bond acceptors (Lipinski definition) is 5. The largest absolute Gasteiger partial charge is 0.497 e. The number of nitrogens with zero attached hydrogens (tertiary/aromatic N) is 2. The molecule has 174 valence electrons. The molecule has 1 aliphatic heterocycles. The molecule has 8 heteroatoms. The topological polar surface area (TPSA) is 67.4 Å². The van der Waals surface area contributed by atoms with Crippen molar-refractivity contribution in [3.05, 3.63) is 18.2 Å². The van der Waals surface area contributed by atoms with Gasteiger partial charge in [0.15, 0.2) is 5.96 Å². The molecule has 1 aromatic carbocycles. The Kier molecular flexibility index (Phi) is 8.18. The molecule has 3 unspecified atom stereocenters. The standard InChI is InChI=1S/C23H36N4O3.HI/c1-5-30-21-14-20(23(21)8-6-9-23)26-22(24-2)25-16-7-10-27(15-16)17-11-18(28-3)13-19(12-17)29-4;/h11-13,16,20-21H,5-10,14-15H2,1-4H3,(H2,24,25,26);1H. The van der Waals surface area contributed by atoms with Gasteiger partial charge in [-0.3, -0.25) is 4.99 Å². The van der Waals surface area contributed by atoms with Crippen molar-refractivity contribution in [2.75, 3.05) is 45.9 Å². The van der Waals surface area contributed by atoms with Gasteiger partial charge in [0.25, 0.3) is 0 Å². The molecule has 1 spiro atoms. The molecule has 2 saturated carbocycles. The van der Waals surface area contributed by atoms with Crippen molar-refractivity contribution in [3.8, 4) is 11.5 Å². The molecule has 1 saturated heterocycles. The number of nitrogens with one attached hydrogen (secondary N) is 2. The lowest BCUT2D eigenvalue weighted by Crippen LogP contribution is -2.69. The van der Waals surface area contributed by atoms with E-state index in [0.29, 0.717) is 23.6 Å². The second-order valence-corrected chi connectivity index (χ2v) is 8.68. The molecule has 0 bridgehead atoms. The first-order chi connectivity index (χ1) is 14.6.